The lowest BCUT2D eigenvalue weighted by Crippen LogP contribution is -2.16. The number of aromatic nitrogens is 2. The summed E-state index contributed by atoms with van der Waals surface area (Å²) in [5, 5.41) is 3.69. The lowest BCUT2D eigenvalue weighted by atomic mass is 10.1. The van der Waals surface area contributed by atoms with Crippen molar-refractivity contribution in [3.8, 4) is 11.4 Å². The molecule has 158 valence electrons. The summed E-state index contributed by atoms with van der Waals surface area (Å²) in [7, 11) is 0. The Labute approximate surface area is 171 Å². The summed E-state index contributed by atoms with van der Waals surface area (Å²) in [6.45, 7) is 3.42. The van der Waals surface area contributed by atoms with Gasteiger partial charge in [-0.15, -0.1) is 0 Å². The molecule has 0 aliphatic carbocycles. The van der Waals surface area contributed by atoms with Gasteiger partial charge in [0.05, 0.1) is 5.69 Å². The SMILES string of the molecule is Cc1noc(C)c1C(=O)OCC(=O)c1cc(C)n(-c2ccc(OC(F)F)cc2)c1C. The van der Waals surface area contributed by atoms with Crippen LogP contribution in [0.1, 0.15) is 43.6 Å². The van der Waals surface area contributed by atoms with Crippen molar-refractivity contribution >= 4 is 11.8 Å². The minimum absolute atomic E-state index is 0.0405. The standard InChI is InChI=1S/C21H20F2N2O5/c1-11-9-17(18(26)10-28-20(27)19-12(2)24-30-14(19)4)13(3)25(11)15-5-7-16(8-6-15)29-21(22)23/h5-9,21H,10H2,1-4H3. The Morgan fingerprint density at radius 3 is 2.37 bits per heavy atom. The number of nitrogens with zero attached hydrogens (tertiary/aromatic N) is 2. The summed E-state index contributed by atoms with van der Waals surface area (Å²) in [6, 6.07) is 7.76. The van der Waals surface area contributed by atoms with Gasteiger partial charge < -0.3 is 18.6 Å². The van der Waals surface area contributed by atoms with Crippen LogP contribution < -0.4 is 4.74 Å². The molecule has 0 saturated heterocycles. The fourth-order valence-corrected chi connectivity index (χ4v) is 3.27. The van der Waals surface area contributed by atoms with Gasteiger partial charge in [-0.3, -0.25) is 4.79 Å². The van der Waals surface area contributed by atoms with Crippen LogP contribution in [-0.4, -0.2) is 34.7 Å². The number of carbonyl (C=O) groups excluding carboxylic acids is 2. The van der Waals surface area contributed by atoms with Gasteiger partial charge >= 0.3 is 12.6 Å². The molecule has 1 aromatic carbocycles. The van der Waals surface area contributed by atoms with Crippen LogP contribution in [0, 0.1) is 27.7 Å². The first-order valence-corrected chi connectivity index (χ1v) is 9.06. The number of Topliss-reactive ketones (excluding diaryl/α,β-unsaturated/α-hetero) is 1. The monoisotopic (exact) mass is 418 g/mol. The molecule has 0 saturated carbocycles. The number of ketones is 1. The Morgan fingerprint density at radius 1 is 1.13 bits per heavy atom. The highest BCUT2D eigenvalue weighted by Crippen LogP contribution is 2.24. The maximum atomic E-state index is 12.6. The summed E-state index contributed by atoms with van der Waals surface area (Å²) >= 11 is 0. The number of rotatable bonds is 7. The topological polar surface area (TPSA) is 83.6 Å². The fraction of sp³-hybridized carbons (Fsp3) is 0.286. The van der Waals surface area contributed by atoms with Crippen molar-refractivity contribution in [3.63, 3.8) is 0 Å². The maximum Gasteiger partial charge on any atom is 0.387 e. The van der Waals surface area contributed by atoms with Gasteiger partial charge in [0.1, 0.15) is 17.1 Å². The number of alkyl halides is 2. The normalized spacial score (nSPS) is 11.0. The van der Waals surface area contributed by atoms with Gasteiger partial charge in [-0.05, 0) is 58.0 Å². The lowest BCUT2D eigenvalue weighted by Gasteiger charge is -2.11. The average Bonchev–Trinajstić information content (AvgIpc) is 3.18. The predicted molar refractivity (Wildman–Crippen MR) is 102 cm³/mol. The van der Waals surface area contributed by atoms with Crippen molar-refractivity contribution in [3.05, 3.63) is 64.3 Å². The Morgan fingerprint density at radius 2 is 1.80 bits per heavy atom. The summed E-state index contributed by atoms with van der Waals surface area (Å²) in [5.41, 5.74) is 3.07. The molecule has 0 aliphatic heterocycles. The summed E-state index contributed by atoms with van der Waals surface area (Å²) in [4.78, 5) is 24.9. The molecule has 0 unspecified atom stereocenters. The van der Waals surface area contributed by atoms with Crippen LogP contribution >= 0.6 is 0 Å². The molecule has 0 aliphatic rings. The van der Waals surface area contributed by atoms with Crippen molar-refractivity contribution in [2.75, 3.05) is 6.61 Å². The van der Waals surface area contributed by atoms with Crippen molar-refractivity contribution in [2.45, 2.75) is 34.3 Å². The number of halogens is 2. The molecule has 7 nitrogen and oxygen atoms in total. The van der Waals surface area contributed by atoms with E-state index in [-0.39, 0.29) is 17.1 Å². The van der Waals surface area contributed by atoms with E-state index < -0.39 is 19.2 Å². The van der Waals surface area contributed by atoms with E-state index in [1.54, 1.807) is 43.5 Å². The highest BCUT2D eigenvalue weighted by Gasteiger charge is 2.22. The van der Waals surface area contributed by atoms with Crippen molar-refractivity contribution in [1.82, 2.24) is 9.72 Å². The zero-order valence-corrected chi connectivity index (χ0v) is 16.9. The minimum atomic E-state index is -2.90. The molecule has 2 aromatic heterocycles. The second kappa shape index (κ2) is 8.48. The van der Waals surface area contributed by atoms with Gasteiger partial charge in [0, 0.05) is 22.6 Å². The molecule has 0 atom stereocenters. The number of carbonyl (C=O) groups is 2. The van der Waals surface area contributed by atoms with Crippen LogP contribution in [0.4, 0.5) is 8.78 Å². The Kier molecular flexibility index (Phi) is 6.00. The molecular weight excluding hydrogens is 398 g/mol. The fourth-order valence-electron chi connectivity index (χ4n) is 3.27. The van der Waals surface area contributed by atoms with E-state index in [0.717, 1.165) is 5.69 Å². The van der Waals surface area contributed by atoms with E-state index in [1.165, 1.54) is 12.1 Å². The van der Waals surface area contributed by atoms with Crippen LogP contribution in [0.5, 0.6) is 5.75 Å². The van der Waals surface area contributed by atoms with Crippen LogP contribution in [0.15, 0.2) is 34.9 Å². The van der Waals surface area contributed by atoms with Crippen LogP contribution in [-0.2, 0) is 4.74 Å². The number of esters is 1. The number of aryl methyl sites for hydroxylation is 3. The van der Waals surface area contributed by atoms with Crippen molar-refractivity contribution in [1.29, 1.82) is 0 Å². The Bertz CT molecular complexity index is 1060. The van der Waals surface area contributed by atoms with Crippen molar-refractivity contribution < 1.29 is 32.4 Å². The summed E-state index contributed by atoms with van der Waals surface area (Å²) in [5.74, 6) is -0.684. The summed E-state index contributed by atoms with van der Waals surface area (Å²) in [6.07, 6.45) is 0. The molecular formula is C21H20F2N2O5. The first-order chi connectivity index (χ1) is 14.2. The van der Waals surface area contributed by atoms with E-state index in [9.17, 15) is 18.4 Å². The first kappa shape index (κ1) is 21.2. The van der Waals surface area contributed by atoms with E-state index >= 15 is 0 Å². The number of hydrogen-bond acceptors (Lipinski definition) is 6. The van der Waals surface area contributed by atoms with Crippen LogP contribution in [0.3, 0.4) is 0 Å². The Hall–Kier alpha value is -3.49. The molecule has 30 heavy (non-hydrogen) atoms. The zero-order chi connectivity index (χ0) is 22.0. The molecule has 2 heterocycles. The largest absolute Gasteiger partial charge is 0.454 e. The van der Waals surface area contributed by atoms with Gasteiger partial charge in [-0.1, -0.05) is 5.16 Å². The molecule has 3 aromatic rings. The number of hydrogen-bond donors (Lipinski definition) is 0. The van der Waals surface area contributed by atoms with Crippen LogP contribution in [0.2, 0.25) is 0 Å². The highest BCUT2D eigenvalue weighted by molar-refractivity contribution is 6.01. The lowest BCUT2D eigenvalue weighted by molar-refractivity contribution is -0.0498. The third-order valence-electron chi connectivity index (χ3n) is 4.62. The maximum absolute atomic E-state index is 12.6. The summed E-state index contributed by atoms with van der Waals surface area (Å²) < 4.78 is 40.9. The minimum Gasteiger partial charge on any atom is -0.454 e. The van der Waals surface area contributed by atoms with Gasteiger partial charge in [0.25, 0.3) is 0 Å². The van der Waals surface area contributed by atoms with E-state index in [1.807, 2.05) is 6.92 Å². The van der Waals surface area contributed by atoms with Gasteiger partial charge in [0.15, 0.2) is 6.61 Å². The second-order valence-electron chi connectivity index (χ2n) is 6.69. The molecule has 0 amide bonds. The van der Waals surface area contributed by atoms with E-state index in [2.05, 4.69) is 9.89 Å². The molecule has 0 radical (unpaired) electrons. The third kappa shape index (κ3) is 4.24. The Balaban J connectivity index is 1.76. The quantitative estimate of drug-likeness (QED) is 0.419. The molecule has 0 bridgehead atoms. The van der Waals surface area contributed by atoms with E-state index in [4.69, 9.17) is 9.26 Å². The van der Waals surface area contributed by atoms with Crippen LogP contribution in [0.25, 0.3) is 5.69 Å². The highest BCUT2D eigenvalue weighted by atomic mass is 19.3. The molecule has 0 N–H and O–H groups in total. The van der Waals surface area contributed by atoms with Gasteiger partial charge in [0.2, 0.25) is 5.78 Å². The molecule has 0 spiro atoms. The molecule has 9 heteroatoms. The molecule has 3 rings (SSSR count). The van der Waals surface area contributed by atoms with Gasteiger partial charge in [-0.25, -0.2) is 4.79 Å². The first-order valence-electron chi connectivity index (χ1n) is 9.06. The smallest absolute Gasteiger partial charge is 0.387 e. The molecule has 0 fully saturated rings. The zero-order valence-electron chi connectivity index (χ0n) is 16.9. The van der Waals surface area contributed by atoms with E-state index in [0.29, 0.717) is 28.4 Å². The van der Waals surface area contributed by atoms with Gasteiger partial charge in [-0.2, -0.15) is 8.78 Å². The number of benzene rings is 1. The third-order valence-corrected chi connectivity index (χ3v) is 4.62. The van der Waals surface area contributed by atoms with Crippen molar-refractivity contribution in [2.24, 2.45) is 0 Å². The number of ether oxygens (including phenoxy) is 2. The second-order valence-corrected chi connectivity index (χ2v) is 6.69. The average molecular weight is 418 g/mol. The predicted octanol–water partition coefficient (Wildman–Crippen LogP) is 4.34.